The van der Waals surface area contributed by atoms with Crippen LogP contribution in [-0.4, -0.2) is 38.4 Å². The molecule has 19 heavy (non-hydrogen) atoms. The molecule has 0 saturated carbocycles. The minimum Gasteiger partial charge on any atom is -0.495 e. The second-order valence-electron chi connectivity index (χ2n) is 5.02. The highest BCUT2D eigenvalue weighted by Gasteiger charge is 2.32. The van der Waals surface area contributed by atoms with Gasteiger partial charge < -0.3 is 10.5 Å². The summed E-state index contributed by atoms with van der Waals surface area (Å²) in [6, 6.07) is 3.31. The van der Waals surface area contributed by atoms with Crippen molar-refractivity contribution in [3.05, 3.63) is 23.5 Å². The molecule has 2 rings (SSSR count). The predicted octanol–water partition coefficient (Wildman–Crippen LogP) is 2.51. The SMILES string of the molecule is COc1c(SC)cc(F)cc1C1CC(CN)CN1C. The molecule has 0 aliphatic carbocycles. The van der Waals surface area contributed by atoms with Gasteiger partial charge in [0.05, 0.1) is 12.0 Å². The van der Waals surface area contributed by atoms with E-state index < -0.39 is 0 Å². The molecular weight excluding hydrogens is 263 g/mol. The van der Waals surface area contributed by atoms with Gasteiger partial charge in [0.1, 0.15) is 11.6 Å². The average Bonchev–Trinajstić information content (AvgIpc) is 2.78. The summed E-state index contributed by atoms with van der Waals surface area (Å²) in [6.45, 7) is 1.63. The highest BCUT2D eigenvalue weighted by atomic mass is 32.2. The first-order chi connectivity index (χ1) is 9.10. The first-order valence-electron chi connectivity index (χ1n) is 6.42. The molecule has 106 valence electrons. The van der Waals surface area contributed by atoms with E-state index in [0.29, 0.717) is 12.5 Å². The molecule has 2 N–H and O–H groups in total. The topological polar surface area (TPSA) is 38.5 Å². The van der Waals surface area contributed by atoms with Crippen molar-refractivity contribution in [2.45, 2.75) is 17.4 Å². The van der Waals surface area contributed by atoms with E-state index in [2.05, 4.69) is 11.9 Å². The Labute approximate surface area is 118 Å². The lowest BCUT2D eigenvalue weighted by Gasteiger charge is -2.23. The van der Waals surface area contributed by atoms with Crippen LogP contribution in [0.25, 0.3) is 0 Å². The van der Waals surface area contributed by atoms with E-state index >= 15 is 0 Å². The number of nitrogens with two attached hydrogens (primary N) is 1. The van der Waals surface area contributed by atoms with E-state index in [0.717, 1.165) is 29.2 Å². The summed E-state index contributed by atoms with van der Waals surface area (Å²) < 4.78 is 19.3. The van der Waals surface area contributed by atoms with E-state index in [1.165, 1.54) is 17.8 Å². The van der Waals surface area contributed by atoms with Crippen LogP contribution in [0.15, 0.2) is 17.0 Å². The molecule has 0 aromatic heterocycles. The molecule has 1 aromatic carbocycles. The predicted molar refractivity (Wildman–Crippen MR) is 77.3 cm³/mol. The normalized spacial score (nSPS) is 23.8. The van der Waals surface area contributed by atoms with Gasteiger partial charge in [0.2, 0.25) is 0 Å². The molecule has 0 radical (unpaired) electrons. The lowest BCUT2D eigenvalue weighted by atomic mass is 9.99. The van der Waals surface area contributed by atoms with Crippen LogP contribution in [0.3, 0.4) is 0 Å². The second-order valence-corrected chi connectivity index (χ2v) is 5.87. The quantitative estimate of drug-likeness (QED) is 0.862. The van der Waals surface area contributed by atoms with Gasteiger partial charge in [-0.1, -0.05) is 0 Å². The van der Waals surface area contributed by atoms with E-state index in [9.17, 15) is 4.39 Å². The van der Waals surface area contributed by atoms with Crippen LogP contribution in [0.1, 0.15) is 18.0 Å². The number of rotatable bonds is 4. The van der Waals surface area contributed by atoms with Crippen molar-refractivity contribution in [3.8, 4) is 5.75 Å². The van der Waals surface area contributed by atoms with Gasteiger partial charge in [-0.25, -0.2) is 4.39 Å². The smallest absolute Gasteiger partial charge is 0.137 e. The van der Waals surface area contributed by atoms with Crippen LogP contribution in [0, 0.1) is 11.7 Å². The van der Waals surface area contributed by atoms with Crippen LogP contribution >= 0.6 is 11.8 Å². The molecule has 3 nitrogen and oxygen atoms in total. The van der Waals surface area contributed by atoms with E-state index in [1.54, 1.807) is 13.2 Å². The van der Waals surface area contributed by atoms with Crippen LogP contribution in [0.5, 0.6) is 5.75 Å². The molecule has 1 aromatic rings. The molecule has 2 unspecified atom stereocenters. The van der Waals surface area contributed by atoms with Crippen molar-refractivity contribution >= 4 is 11.8 Å². The number of likely N-dealkylation sites (tertiary alicyclic amines) is 1. The number of methoxy groups -OCH3 is 1. The van der Waals surface area contributed by atoms with Gasteiger partial charge in [0, 0.05) is 18.2 Å². The monoisotopic (exact) mass is 284 g/mol. The van der Waals surface area contributed by atoms with Crippen LogP contribution in [0.2, 0.25) is 0 Å². The number of thioether (sulfide) groups is 1. The van der Waals surface area contributed by atoms with Crippen LogP contribution in [0.4, 0.5) is 4.39 Å². The highest BCUT2D eigenvalue weighted by Crippen LogP contribution is 2.42. The van der Waals surface area contributed by atoms with Crippen molar-refractivity contribution < 1.29 is 9.13 Å². The number of benzene rings is 1. The zero-order valence-electron chi connectivity index (χ0n) is 11.6. The van der Waals surface area contributed by atoms with Gasteiger partial charge in [0.25, 0.3) is 0 Å². The molecule has 1 aliphatic heterocycles. The fourth-order valence-electron chi connectivity index (χ4n) is 2.85. The Hall–Kier alpha value is -0.780. The van der Waals surface area contributed by atoms with Gasteiger partial charge in [-0.2, -0.15) is 0 Å². The molecule has 2 atom stereocenters. The van der Waals surface area contributed by atoms with Crippen molar-refractivity contribution in [2.24, 2.45) is 11.7 Å². The third kappa shape index (κ3) is 2.88. The maximum atomic E-state index is 13.8. The average molecular weight is 284 g/mol. The van der Waals surface area contributed by atoms with Crippen LogP contribution in [-0.2, 0) is 0 Å². The summed E-state index contributed by atoms with van der Waals surface area (Å²) in [6.07, 6.45) is 2.89. The standard InChI is InChI=1S/C14H21FN2OS/c1-17-8-9(7-16)4-12(17)11-5-10(15)6-13(19-3)14(11)18-2/h5-6,9,12H,4,7-8,16H2,1-3H3. The van der Waals surface area contributed by atoms with E-state index in [1.807, 2.05) is 6.26 Å². The summed E-state index contributed by atoms with van der Waals surface area (Å²) in [5, 5.41) is 0. The van der Waals surface area contributed by atoms with Gasteiger partial charge in [-0.15, -0.1) is 11.8 Å². The van der Waals surface area contributed by atoms with Gasteiger partial charge >= 0.3 is 0 Å². The first kappa shape index (κ1) is 14.6. The zero-order chi connectivity index (χ0) is 14.0. The van der Waals surface area contributed by atoms with E-state index in [4.69, 9.17) is 10.5 Å². The largest absolute Gasteiger partial charge is 0.495 e. The van der Waals surface area contributed by atoms with Crippen LogP contribution < -0.4 is 10.5 Å². The molecule has 0 bridgehead atoms. The summed E-state index contributed by atoms with van der Waals surface area (Å²) in [5.74, 6) is 1.06. The maximum Gasteiger partial charge on any atom is 0.137 e. The Morgan fingerprint density at radius 2 is 2.26 bits per heavy atom. The Morgan fingerprint density at radius 3 is 2.79 bits per heavy atom. The molecule has 0 amide bonds. The Kier molecular flexibility index (Phi) is 4.71. The number of hydrogen-bond acceptors (Lipinski definition) is 4. The van der Waals surface area contributed by atoms with Gasteiger partial charge in [-0.3, -0.25) is 4.90 Å². The number of ether oxygens (including phenoxy) is 1. The maximum absolute atomic E-state index is 13.8. The second kappa shape index (κ2) is 6.11. The minimum atomic E-state index is -0.204. The molecule has 5 heteroatoms. The fraction of sp³-hybridized carbons (Fsp3) is 0.571. The van der Waals surface area contributed by atoms with Crippen molar-refractivity contribution in [1.29, 1.82) is 0 Å². The molecule has 1 heterocycles. The molecule has 1 aliphatic rings. The van der Waals surface area contributed by atoms with E-state index in [-0.39, 0.29) is 11.9 Å². The number of nitrogens with zero attached hydrogens (tertiary/aromatic N) is 1. The lowest BCUT2D eigenvalue weighted by Crippen LogP contribution is -2.21. The van der Waals surface area contributed by atoms with Crippen molar-refractivity contribution in [1.82, 2.24) is 4.90 Å². The first-order valence-corrected chi connectivity index (χ1v) is 7.64. The number of hydrogen-bond donors (Lipinski definition) is 1. The minimum absolute atomic E-state index is 0.185. The fourth-order valence-corrected chi connectivity index (χ4v) is 3.46. The number of halogens is 1. The summed E-state index contributed by atoms with van der Waals surface area (Å²) in [5.41, 5.74) is 6.69. The zero-order valence-corrected chi connectivity index (χ0v) is 12.5. The molecule has 1 fully saturated rings. The summed E-state index contributed by atoms with van der Waals surface area (Å²) in [7, 11) is 3.70. The summed E-state index contributed by atoms with van der Waals surface area (Å²) in [4.78, 5) is 3.08. The summed E-state index contributed by atoms with van der Waals surface area (Å²) >= 11 is 1.51. The van der Waals surface area contributed by atoms with Gasteiger partial charge in [-0.05, 0) is 44.3 Å². The third-order valence-electron chi connectivity index (χ3n) is 3.80. The lowest BCUT2D eigenvalue weighted by molar-refractivity contribution is 0.300. The third-order valence-corrected chi connectivity index (χ3v) is 4.54. The molecule has 0 spiro atoms. The highest BCUT2D eigenvalue weighted by molar-refractivity contribution is 7.98. The molecular formula is C14H21FN2OS. The van der Waals surface area contributed by atoms with Crippen molar-refractivity contribution in [3.63, 3.8) is 0 Å². The Balaban J connectivity index is 2.41. The Morgan fingerprint density at radius 1 is 1.53 bits per heavy atom. The molecule has 1 saturated heterocycles. The Bertz CT molecular complexity index is 455. The van der Waals surface area contributed by atoms with Gasteiger partial charge in [0.15, 0.2) is 0 Å². The van der Waals surface area contributed by atoms with Crippen molar-refractivity contribution in [2.75, 3.05) is 33.5 Å².